The Morgan fingerprint density at radius 1 is 1.44 bits per heavy atom. The molecule has 1 amide bonds. The largest absolute Gasteiger partial charge is 0.479 e. The second-order valence-corrected chi connectivity index (χ2v) is 5.11. The first kappa shape index (κ1) is 11.2. The third kappa shape index (κ3) is 1.86. The monoisotopic (exact) mass is 260 g/mol. The predicted octanol–water partition coefficient (Wildman–Crippen LogP) is 2.84. The van der Waals surface area contributed by atoms with Gasteiger partial charge in [-0.25, -0.2) is 4.98 Å². The van der Waals surface area contributed by atoms with Gasteiger partial charge in [-0.3, -0.25) is 4.79 Å². The normalized spacial score (nSPS) is 17.9. The molecule has 0 spiro atoms. The van der Waals surface area contributed by atoms with Gasteiger partial charge in [-0.2, -0.15) is 0 Å². The molecule has 0 saturated heterocycles. The van der Waals surface area contributed by atoms with Gasteiger partial charge in [0, 0.05) is 16.6 Å². The second-order valence-electron chi connectivity index (χ2n) is 4.25. The Kier molecular flexibility index (Phi) is 2.56. The molecule has 1 aliphatic rings. The molecule has 0 radical (unpaired) electrons. The number of rotatable bonds is 1. The number of benzene rings is 1. The summed E-state index contributed by atoms with van der Waals surface area (Å²) in [6, 6.07) is 5.73. The second kappa shape index (κ2) is 4.10. The van der Waals surface area contributed by atoms with Gasteiger partial charge in [0.25, 0.3) is 5.91 Å². The van der Waals surface area contributed by atoms with Crippen LogP contribution in [0.5, 0.6) is 5.75 Å². The fourth-order valence-electron chi connectivity index (χ4n) is 1.83. The van der Waals surface area contributed by atoms with Crippen molar-refractivity contribution in [1.82, 2.24) is 4.98 Å². The molecule has 1 aromatic carbocycles. The minimum Gasteiger partial charge on any atom is -0.479 e. The van der Waals surface area contributed by atoms with E-state index < -0.39 is 6.10 Å². The Labute approximate surface area is 109 Å². The first-order valence-electron chi connectivity index (χ1n) is 5.67. The Bertz CT molecular complexity index is 621. The zero-order chi connectivity index (χ0) is 12.7. The van der Waals surface area contributed by atoms with Crippen molar-refractivity contribution in [2.45, 2.75) is 20.0 Å². The molecule has 1 N–H and O–H groups in total. The lowest BCUT2D eigenvalue weighted by Crippen LogP contribution is -2.34. The molecule has 2 heterocycles. The van der Waals surface area contributed by atoms with Crippen LogP contribution in [0.25, 0.3) is 10.6 Å². The molecule has 1 atom stereocenters. The third-order valence-corrected chi connectivity index (χ3v) is 3.79. The summed E-state index contributed by atoms with van der Waals surface area (Å²) in [5.41, 5.74) is 2.70. The number of thiazole rings is 1. The van der Waals surface area contributed by atoms with Gasteiger partial charge in [0.1, 0.15) is 10.8 Å². The molecule has 1 aromatic heterocycles. The number of fused-ring (bicyclic) bond motifs is 1. The van der Waals surface area contributed by atoms with Crippen LogP contribution < -0.4 is 10.1 Å². The zero-order valence-electron chi connectivity index (χ0n) is 10.1. The van der Waals surface area contributed by atoms with Crippen LogP contribution in [0, 0.1) is 6.92 Å². The van der Waals surface area contributed by atoms with Gasteiger partial charge in [0.15, 0.2) is 6.10 Å². The van der Waals surface area contributed by atoms with E-state index in [0.29, 0.717) is 11.4 Å². The van der Waals surface area contributed by atoms with E-state index in [1.165, 1.54) is 0 Å². The number of hydrogen-bond acceptors (Lipinski definition) is 4. The highest BCUT2D eigenvalue weighted by molar-refractivity contribution is 7.13. The molecule has 0 fully saturated rings. The van der Waals surface area contributed by atoms with Crippen LogP contribution in [0.4, 0.5) is 5.69 Å². The van der Waals surface area contributed by atoms with Gasteiger partial charge in [0.05, 0.1) is 5.69 Å². The van der Waals surface area contributed by atoms with E-state index in [0.717, 1.165) is 16.3 Å². The number of amides is 1. The number of nitrogens with zero attached hydrogens (tertiary/aromatic N) is 1. The molecule has 18 heavy (non-hydrogen) atoms. The van der Waals surface area contributed by atoms with Crippen LogP contribution in [-0.2, 0) is 4.79 Å². The Morgan fingerprint density at radius 3 is 3.00 bits per heavy atom. The van der Waals surface area contributed by atoms with Crippen LogP contribution in [0.3, 0.4) is 0 Å². The summed E-state index contributed by atoms with van der Waals surface area (Å²) in [6.45, 7) is 3.70. The van der Waals surface area contributed by atoms with E-state index in [4.69, 9.17) is 4.74 Å². The molecular formula is C13H12N2O2S. The minimum atomic E-state index is -0.439. The molecule has 92 valence electrons. The van der Waals surface area contributed by atoms with E-state index in [9.17, 15) is 4.79 Å². The van der Waals surface area contributed by atoms with Crippen molar-refractivity contribution in [1.29, 1.82) is 0 Å². The van der Waals surface area contributed by atoms with E-state index >= 15 is 0 Å². The zero-order valence-corrected chi connectivity index (χ0v) is 10.9. The molecule has 1 unspecified atom stereocenters. The summed E-state index contributed by atoms with van der Waals surface area (Å²) in [6.07, 6.45) is -0.439. The first-order valence-corrected chi connectivity index (χ1v) is 6.55. The van der Waals surface area contributed by atoms with Crippen molar-refractivity contribution in [3.8, 4) is 16.3 Å². The highest BCUT2D eigenvalue weighted by Crippen LogP contribution is 2.34. The smallest absolute Gasteiger partial charge is 0.265 e. The Balaban J connectivity index is 2.01. The number of aryl methyl sites for hydroxylation is 1. The number of aromatic nitrogens is 1. The average Bonchev–Trinajstić information content (AvgIpc) is 2.77. The lowest BCUT2D eigenvalue weighted by molar-refractivity contribution is -0.122. The Morgan fingerprint density at radius 2 is 2.28 bits per heavy atom. The van der Waals surface area contributed by atoms with Gasteiger partial charge in [-0.1, -0.05) is 0 Å². The molecule has 0 aliphatic carbocycles. The van der Waals surface area contributed by atoms with E-state index in [-0.39, 0.29) is 5.91 Å². The van der Waals surface area contributed by atoms with Crippen LogP contribution in [0.1, 0.15) is 12.6 Å². The van der Waals surface area contributed by atoms with Gasteiger partial charge in [-0.15, -0.1) is 11.3 Å². The number of nitrogens with one attached hydrogen (secondary N) is 1. The SMILES string of the molecule is Cc1csc(-c2ccc3c(c2)NC(=O)C(C)O3)n1. The fraction of sp³-hybridized carbons (Fsp3) is 0.231. The van der Waals surface area contributed by atoms with E-state index in [1.54, 1.807) is 18.3 Å². The van der Waals surface area contributed by atoms with Gasteiger partial charge in [-0.05, 0) is 32.0 Å². The first-order chi connectivity index (χ1) is 8.63. The topological polar surface area (TPSA) is 51.2 Å². The maximum absolute atomic E-state index is 11.6. The van der Waals surface area contributed by atoms with Crippen molar-refractivity contribution >= 4 is 22.9 Å². The summed E-state index contributed by atoms with van der Waals surface area (Å²) in [5.74, 6) is 0.592. The number of anilines is 1. The summed E-state index contributed by atoms with van der Waals surface area (Å²) >= 11 is 1.59. The highest BCUT2D eigenvalue weighted by atomic mass is 32.1. The summed E-state index contributed by atoms with van der Waals surface area (Å²) in [5, 5.41) is 5.79. The predicted molar refractivity (Wildman–Crippen MR) is 71.0 cm³/mol. The standard InChI is InChI=1S/C13H12N2O2S/c1-7-6-18-13(14-7)9-3-4-11-10(5-9)15-12(16)8(2)17-11/h3-6,8H,1-2H3,(H,15,16). The fourth-order valence-corrected chi connectivity index (χ4v) is 2.62. The number of carbonyl (C=O) groups is 1. The number of ether oxygens (including phenoxy) is 1. The van der Waals surface area contributed by atoms with Gasteiger partial charge >= 0.3 is 0 Å². The molecule has 5 heteroatoms. The van der Waals surface area contributed by atoms with Crippen molar-refractivity contribution < 1.29 is 9.53 Å². The van der Waals surface area contributed by atoms with E-state index in [1.807, 2.05) is 30.5 Å². The molecule has 3 rings (SSSR count). The molecule has 4 nitrogen and oxygen atoms in total. The van der Waals surface area contributed by atoms with Crippen LogP contribution in [-0.4, -0.2) is 17.0 Å². The average molecular weight is 260 g/mol. The quantitative estimate of drug-likeness (QED) is 0.857. The van der Waals surface area contributed by atoms with Gasteiger partial charge in [0.2, 0.25) is 0 Å². The lowest BCUT2D eigenvalue weighted by Gasteiger charge is -2.23. The van der Waals surface area contributed by atoms with Crippen LogP contribution in [0.15, 0.2) is 23.6 Å². The summed E-state index contributed by atoms with van der Waals surface area (Å²) < 4.78 is 5.51. The van der Waals surface area contributed by atoms with Gasteiger partial charge < -0.3 is 10.1 Å². The molecule has 1 aliphatic heterocycles. The summed E-state index contributed by atoms with van der Waals surface area (Å²) in [7, 11) is 0. The van der Waals surface area contributed by atoms with Crippen LogP contribution in [0.2, 0.25) is 0 Å². The summed E-state index contributed by atoms with van der Waals surface area (Å²) in [4.78, 5) is 16.0. The van der Waals surface area contributed by atoms with Crippen molar-refractivity contribution in [3.63, 3.8) is 0 Å². The highest BCUT2D eigenvalue weighted by Gasteiger charge is 2.23. The van der Waals surface area contributed by atoms with Crippen molar-refractivity contribution in [3.05, 3.63) is 29.3 Å². The maximum Gasteiger partial charge on any atom is 0.265 e. The Hall–Kier alpha value is -1.88. The number of carbonyl (C=O) groups excluding carboxylic acids is 1. The maximum atomic E-state index is 11.6. The molecular weight excluding hydrogens is 248 g/mol. The number of hydrogen-bond donors (Lipinski definition) is 1. The van der Waals surface area contributed by atoms with E-state index in [2.05, 4.69) is 10.3 Å². The molecule has 0 saturated carbocycles. The lowest BCUT2D eigenvalue weighted by atomic mass is 10.1. The minimum absolute atomic E-state index is 0.116. The van der Waals surface area contributed by atoms with Crippen LogP contribution >= 0.6 is 11.3 Å². The molecule has 0 bridgehead atoms. The van der Waals surface area contributed by atoms with Crippen molar-refractivity contribution in [2.24, 2.45) is 0 Å². The molecule has 2 aromatic rings. The third-order valence-electron chi connectivity index (χ3n) is 2.78. The van der Waals surface area contributed by atoms with Crippen molar-refractivity contribution in [2.75, 3.05) is 5.32 Å².